The van der Waals surface area contributed by atoms with Crippen molar-refractivity contribution < 1.29 is 0 Å². The lowest BCUT2D eigenvalue weighted by molar-refractivity contribution is 0.501. The predicted octanol–water partition coefficient (Wildman–Crippen LogP) is 1.58. The van der Waals surface area contributed by atoms with Gasteiger partial charge in [0.05, 0.1) is 11.7 Å². The molecule has 0 aliphatic rings. The summed E-state index contributed by atoms with van der Waals surface area (Å²) in [6.07, 6.45) is 0.978. The van der Waals surface area contributed by atoms with Crippen molar-refractivity contribution in [3.63, 3.8) is 0 Å². The summed E-state index contributed by atoms with van der Waals surface area (Å²) in [6.45, 7) is 4.30. The molecule has 1 aromatic heterocycles. The largest absolute Gasteiger partial charge is 0.323 e. The fourth-order valence-corrected chi connectivity index (χ4v) is 1.48. The highest BCUT2D eigenvalue weighted by Crippen LogP contribution is 2.16. The Morgan fingerprint density at radius 2 is 2.36 bits per heavy atom. The van der Waals surface area contributed by atoms with E-state index in [0.29, 0.717) is 5.92 Å². The predicted molar refractivity (Wildman–Crippen MR) is 46.3 cm³/mol. The first-order valence-electron chi connectivity index (χ1n) is 3.72. The molecule has 0 fully saturated rings. The van der Waals surface area contributed by atoms with Crippen LogP contribution in [-0.4, -0.2) is 9.59 Å². The molecule has 0 saturated carbocycles. The van der Waals surface area contributed by atoms with Gasteiger partial charge < -0.3 is 5.73 Å². The summed E-state index contributed by atoms with van der Waals surface area (Å²) in [7, 11) is 0. The molecule has 62 valence electrons. The molecule has 1 atom stereocenters. The fraction of sp³-hybridized carbons (Fsp3) is 0.714. The second kappa shape index (κ2) is 3.78. The number of aromatic nitrogens is 2. The SMILES string of the molecule is CC(C)CC(N)c1csnn1. The van der Waals surface area contributed by atoms with Gasteiger partial charge in [0.25, 0.3) is 0 Å². The van der Waals surface area contributed by atoms with Crippen molar-refractivity contribution in [3.05, 3.63) is 11.1 Å². The van der Waals surface area contributed by atoms with Crippen molar-refractivity contribution in [1.82, 2.24) is 9.59 Å². The highest BCUT2D eigenvalue weighted by molar-refractivity contribution is 7.03. The van der Waals surface area contributed by atoms with Gasteiger partial charge in [-0.3, -0.25) is 0 Å². The molecule has 0 saturated heterocycles. The van der Waals surface area contributed by atoms with E-state index in [9.17, 15) is 0 Å². The Bertz CT molecular complexity index is 195. The Morgan fingerprint density at radius 3 is 2.82 bits per heavy atom. The van der Waals surface area contributed by atoms with Gasteiger partial charge in [-0.1, -0.05) is 18.3 Å². The van der Waals surface area contributed by atoms with Gasteiger partial charge in [-0.2, -0.15) is 0 Å². The standard InChI is InChI=1S/C7H13N3S/c1-5(2)3-6(8)7-4-11-10-9-7/h4-6H,3,8H2,1-2H3. The molecule has 1 heterocycles. The summed E-state index contributed by atoms with van der Waals surface area (Å²) in [4.78, 5) is 0. The van der Waals surface area contributed by atoms with Gasteiger partial charge in [-0.05, 0) is 23.9 Å². The Hall–Kier alpha value is -0.480. The van der Waals surface area contributed by atoms with Gasteiger partial charge in [0, 0.05) is 5.38 Å². The van der Waals surface area contributed by atoms with Crippen LogP contribution in [0.3, 0.4) is 0 Å². The van der Waals surface area contributed by atoms with Crippen molar-refractivity contribution in [1.29, 1.82) is 0 Å². The quantitative estimate of drug-likeness (QED) is 0.751. The molecule has 1 unspecified atom stereocenters. The summed E-state index contributed by atoms with van der Waals surface area (Å²) in [5.74, 6) is 0.617. The van der Waals surface area contributed by atoms with Gasteiger partial charge in [0.1, 0.15) is 0 Å². The number of hydrogen-bond donors (Lipinski definition) is 1. The third-order valence-corrected chi connectivity index (χ3v) is 2.00. The van der Waals surface area contributed by atoms with Gasteiger partial charge in [0.15, 0.2) is 0 Å². The average Bonchev–Trinajstić information content (AvgIpc) is 2.35. The van der Waals surface area contributed by atoms with Crippen molar-refractivity contribution in [2.75, 3.05) is 0 Å². The summed E-state index contributed by atoms with van der Waals surface area (Å²) in [6, 6.07) is 0.0637. The molecule has 0 radical (unpaired) electrons. The number of nitrogens with zero attached hydrogens (tertiary/aromatic N) is 2. The Morgan fingerprint density at radius 1 is 1.64 bits per heavy atom. The molecule has 0 aromatic carbocycles. The first-order chi connectivity index (χ1) is 5.20. The second-order valence-corrected chi connectivity index (χ2v) is 3.68. The van der Waals surface area contributed by atoms with Crippen LogP contribution < -0.4 is 5.73 Å². The first kappa shape index (κ1) is 8.62. The van der Waals surface area contributed by atoms with E-state index in [2.05, 4.69) is 23.4 Å². The van der Waals surface area contributed by atoms with Crippen LogP contribution >= 0.6 is 11.5 Å². The lowest BCUT2D eigenvalue weighted by atomic mass is 10.0. The highest BCUT2D eigenvalue weighted by atomic mass is 32.1. The van der Waals surface area contributed by atoms with E-state index >= 15 is 0 Å². The number of nitrogens with two attached hydrogens (primary N) is 1. The van der Waals surface area contributed by atoms with E-state index in [0.717, 1.165) is 12.1 Å². The zero-order chi connectivity index (χ0) is 8.27. The van der Waals surface area contributed by atoms with Crippen LogP contribution in [0.25, 0.3) is 0 Å². The second-order valence-electron chi connectivity index (χ2n) is 3.07. The molecule has 1 rings (SSSR count). The van der Waals surface area contributed by atoms with E-state index < -0.39 is 0 Å². The van der Waals surface area contributed by atoms with Gasteiger partial charge >= 0.3 is 0 Å². The lowest BCUT2D eigenvalue weighted by Crippen LogP contribution is -2.13. The van der Waals surface area contributed by atoms with Gasteiger partial charge in [-0.25, -0.2) is 0 Å². The van der Waals surface area contributed by atoms with Crippen LogP contribution in [0.15, 0.2) is 5.38 Å². The summed E-state index contributed by atoms with van der Waals surface area (Å²) < 4.78 is 3.76. The number of hydrogen-bond acceptors (Lipinski definition) is 4. The monoisotopic (exact) mass is 171 g/mol. The maximum Gasteiger partial charge on any atom is 0.0922 e. The lowest BCUT2D eigenvalue weighted by Gasteiger charge is -2.09. The Balaban J connectivity index is 2.49. The molecular weight excluding hydrogens is 158 g/mol. The zero-order valence-electron chi connectivity index (χ0n) is 6.82. The van der Waals surface area contributed by atoms with Crippen LogP contribution in [-0.2, 0) is 0 Å². The van der Waals surface area contributed by atoms with Crippen molar-refractivity contribution in [2.45, 2.75) is 26.3 Å². The van der Waals surface area contributed by atoms with Crippen molar-refractivity contribution in [2.24, 2.45) is 11.7 Å². The summed E-state index contributed by atoms with van der Waals surface area (Å²) in [5.41, 5.74) is 6.76. The van der Waals surface area contributed by atoms with E-state index in [1.807, 2.05) is 5.38 Å². The minimum Gasteiger partial charge on any atom is -0.323 e. The minimum atomic E-state index is 0.0637. The average molecular weight is 171 g/mol. The van der Waals surface area contributed by atoms with E-state index in [-0.39, 0.29) is 6.04 Å². The van der Waals surface area contributed by atoms with Gasteiger partial charge in [-0.15, -0.1) is 5.10 Å². The van der Waals surface area contributed by atoms with E-state index in [1.54, 1.807) is 0 Å². The number of rotatable bonds is 3. The molecule has 0 aliphatic carbocycles. The van der Waals surface area contributed by atoms with Crippen LogP contribution in [0.5, 0.6) is 0 Å². The normalized spacial score (nSPS) is 13.8. The molecule has 0 aliphatic heterocycles. The molecule has 4 heteroatoms. The molecule has 2 N–H and O–H groups in total. The molecule has 0 spiro atoms. The molecule has 1 aromatic rings. The van der Waals surface area contributed by atoms with Gasteiger partial charge in [0.2, 0.25) is 0 Å². The molecular formula is C7H13N3S. The van der Waals surface area contributed by atoms with E-state index in [4.69, 9.17) is 5.73 Å². The molecule has 0 amide bonds. The molecule has 3 nitrogen and oxygen atoms in total. The maximum absolute atomic E-state index is 5.84. The fourth-order valence-electron chi connectivity index (χ4n) is 0.962. The molecule has 11 heavy (non-hydrogen) atoms. The van der Waals surface area contributed by atoms with Crippen LogP contribution in [0.4, 0.5) is 0 Å². The zero-order valence-corrected chi connectivity index (χ0v) is 7.64. The van der Waals surface area contributed by atoms with Crippen molar-refractivity contribution in [3.8, 4) is 0 Å². The minimum absolute atomic E-state index is 0.0637. The van der Waals surface area contributed by atoms with Crippen molar-refractivity contribution >= 4 is 11.5 Å². The Kier molecular flexibility index (Phi) is 2.96. The first-order valence-corrected chi connectivity index (χ1v) is 4.56. The molecule has 0 bridgehead atoms. The highest BCUT2D eigenvalue weighted by Gasteiger charge is 2.09. The topological polar surface area (TPSA) is 51.8 Å². The smallest absolute Gasteiger partial charge is 0.0922 e. The Labute approximate surface area is 70.8 Å². The van der Waals surface area contributed by atoms with Crippen LogP contribution in [0.1, 0.15) is 32.0 Å². The van der Waals surface area contributed by atoms with E-state index in [1.165, 1.54) is 11.5 Å². The third kappa shape index (κ3) is 2.55. The third-order valence-electron chi connectivity index (χ3n) is 1.48. The summed E-state index contributed by atoms with van der Waals surface area (Å²) >= 11 is 1.35. The summed E-state index contributed by atoms with van der Waals surface area (Å²) in [5, 5.41) is 5.82. The maximum atomic E-state index is 5.84. The van der Waals surface area contributed by atoms with Crippen LogP contribution in [0, 0.1) is 5.92 Å². The van der Waals surface area contributed by atoms with Crippen LogP contribution in [0.2, 0.25) is 0 Å².